The van der Waals surface area contributed by atoms with Crippen molar-refractivity contribution in [2.45, 2.75) is 6.42 Å². The third-order valence-electron chi connectivity index (χ3n) is 4.00. The van der Waals surface area contributed by atoms with Gasteiger partial charge in [-0.05, 0) is 18.2 Å². The van der Waals surface area contributed by atoms with Crippen molar-refractivity contribution < 1.29 is 19.0 Å². The molecule has 1 N–H and O–H groups in total. The van der Waals surface area contributed by atoms with Crippen molar-refractivity contribution in [3.05, 3.63) is 36.7 Å². The summed E-state index contributed by atoms with van der Waals surface area (Å²) in [4.78, 5) is 18.0. The molecule has 0 spiro atoms. The minimum Gasteiger partial charge on any atom is -0.492 e. The molecular formula is C17H17N3O4. The number of hydrogen-bond donors (Lipinski definition) is 1. The Labute approximate surface area is 139 Å². The van der Waals surface area contributed by atoms with Gasteiger partial charge in [0.15, 0.2) is 11.5 Å². The van der Waals surface area contributed by atoms with Crippen molar-refractivity contribution in [2.75, 3.05) is 36.7 Å². The molecule has 0 atom stereocenters. The van der Waals surface area contributed by atoms with Crippen LogP contribution in [0.25, 0.3) is 0 Å². The van der Waals surface area contributed by atoms with E-state index in [9.17, 15) is 4.79 Å². The number of amides is 1. The Morgan fingerprint density at radius 3 is 3.12 bits per heavy atom. The van der Waals surface area contributed by atoms with Crippen LogP contribution in [0.3, 0.4) is 0 Å². The van der Waals surface area contributed by atoms with E-state index < -0.39 is 0 Å². The molecule has 0 aliphatic carbocycles. The molecule has 2 aliphatic heterocycles. The lowest BCUT2D eigenvalue weighted by Gasteiger charge is -2.23. The van der Waals surface area contributed by atoms with E-state index in [1.165, 1.54) is 0 Å². The van der Waals surface area contributed by atoms with Crippen molar-refractivity contribution in [3.8, 4) is 17.2 Å². The lowest BCUT2D eigenvalue weighted by molar-refractivity contribution is -0.115. The fourth-order valence-electron chi connectivity index (χ4n) is 2.79. The van der Waals surface area contributed by atoms with Gasteiger partial charge in [-0.15, -0.1) is 0 Å². The molecule has 0 radical (unpaired) electrons. The highest BCUT2D eigenvalue weighted by Crippen LogP contribution is 2.35. The summed E-state index contributed by atoms with van der Waals surface area (Å²) in [7, 11) is 0. The van der Waals surface area contributed by atoms with Crippen LogP contribution in [0.5, 0.6) is 17.2 Å². The summed E-state index contributed by atoms with van der Waals surface area (Å²) in [6.45, 7) is 2.02. The van der Waals surface area contributed by atoms with Crippen LogP contribution >= 0.6 is 0 Å². The van der Waals surface area contributed by atoms with E-state index in [-0.39, 0.29) is 12.7 Å². The number of carbonyl (C=O) groups excluding carboxylic acids is 1. The molecule has 4 rings (SSSR count). The summed E-state index contributed by atoms with van der Waals surface area (Å²) >= 11 is 0. The molecule has 0 fully saturated rings. The predicted molar refractivity (Wildman–Crippen MR) is 87.8 cm³/mol. The van der Waals surface area contributed by atoms with Crippen molar-refractivity contribution in [1.82, 2.24) is 4.98 Å². The second-order valence-corrected chi connectivity index (χ2v) is 5.54. The zero-order valence-electron chi connectivity index (χ0n) is 13.0. The van der Waals surface area contributed by atoms with E-state index in [1.807, 2.05) is 24.3 Å². The number of carbonyl (C=O) groups is 1. The molecule has 2 aliphatic rings. The molecule has 1 aromatic carbocycles. The Bertz CT molecular complexity index is 765. The van der Waals surface area contributed by atoms with Gasteiger partial charge in [-0.2, -0.15) is 0 Å². The first-order valence-corrected chi connectivity index (χ1v) is 7.81. The van der Waals surface area contributed by atoms with Gasteiger partial charge in [0.1, 0.15) is 12.4 Å². The van der Waals surface area contributed by atoms with Gasteiger partial charge in [-0.3, -0.25) is 9.78 Å². The van der Waals surface area contributed by atoms with Crippen LogP contribution in [0.4, 0.5) is 11.4 Å². The van der Waals surface area contributed by atoms with Gasteiger partial charge in [0, 0.05) is 25.2 Å². The quantitative estimate of drug-likeness (QED) is 0.926. The number of rotatable bonds is 4. The van der Waals surface area contributed by atoms with E-state index in [4.69, 9.17) is 14.2 Å². The Morgan fingerprint density at radius 2 is 2.17 bits per heavy atom. The SMILES string of the molecule is O=C1CCN(CCOc2ccc3c(c2)OCO3)c2cnccc2N1. The first kappa shape index (κ1) is 14.6. The zero-order valence-corrected chi connectivity index (χ0v) is 13.0. The maximum atomic E-state index is 11.8. The second kappa shape index (κ2) is 6.27. The van der Waals surface area contributed by atoms with Crippen LogP contribution in [0.2, 0.25) is 0 Å². The molecule has 1 amide bonds. The van der Waals surface area contributed by atoms with E-state index in [1.54, 1.807) is 12.4 Å². The molecule has 3 heterocycles. The maximum Gasteiger partial charge on any atom is 0.231 e. The first-order chi connectivity index (χ1) is 11.8. The van der Waals surface area contributed by atoms with Gasteiger partial charge in [0.2, 0.25) is 12.7 Å². The number of anilines is 2. The fourth-order valence-corrected chi connectivity index (χ4v) is 2.79. The van der Waals surface area contributed by atoms with Gasteiger partial charge in [0.05, 0.1) is 24.1 Å². The molecule has 0 unspecified atom stereocenters. The van der Waals surface area contributed by atoms with Gasteiger partial charge >= 0.3 is 0 Å². The molecular weight excluding hydrogens is 310 g/mol. The van der Waals surface area contributed by atoms with Gasteiger partial charge in [-0.25, -0.2) is 0 Å². The van der Waals surface area contributed by atoms with Crippen LogP contribution in [0.1, 0.15) is 6.42 Å². The van der Waals surface area contributed by atoms with Gasteiger partial charge in [-0.1, -0.05) is 0 Å². The molecule has 124 valence electrons. The highest BCUT2D eigenvalue weighted by Gasteiger charge is 2.19. The highest BCUT2D eigenvalue weighted by atomic mass is 16.7. The molecule has 0 saturated carbocycles. The lowest BCUT2D eigenvalue weighted by Crippen LogP contribution is -2.29. The number of aromatic nitrogens is 1. The van der Waals surface area contributed by atoms with Crippen molar-refractivity contribution >= 4 is 17.3 Å². The van der Waals surface area contributed by atoms with Gasteiger partial charge < -0.3 is 24.4 Å². The van der Waals surface area contributed by atoms with E-state index in [2.05, 4.69) is 15.2 Å². The predicted octanol–water partition coefficient (Wildman–Crippen LogP) is 2.04. The minimum atomic E-state index is 0.0154. The molecule has 7 heteroatoms. The number of benzene rings is 1. The summed E-state index contributed by atoms with van der Waals surface area (Å²) in [5, 5.41) is 2.90. The van der Waals surface area contributed by atoms with E-state index in [0.29, 0.717) is 31.9 Å². The molecule has 7 nitrogen and oxygen atoms in total. The summed E-state index contributed by atoms with van der Waals surface area (Å²) < 4.78 is 16.4. The minimum absolute atomic E-state index is 0.0154. The first-order valence-electron chi connectivity index (χ1n) is 7.81. The van der Waals surface area contributed by atoms with Crippen molar-refractivity contribution in [1.29, 1.82) is 0 Å². The number of fused-ring (bicyclic) bond motifs is 2. The molecule has 1 aromatic heterocycles. The molecule has 24 heavy (non-hydrogen) atoms. The van der Waals surface area contributed by atoms with Crippen LogP contribution in [-0.2, 0) is 4.79 Å². The Kier molecular flexibility index (Phi) is 3.82. The van der Waals surface area contributed by atoms with Crippen LogP contribution < -0.4 is 24.4 Å². The standard InChI is InChI=1S/C17H17N3O4/c21-17-4-6-20(14-10-18-5-3-13(14)19-17)7-8-22-12-1-2-15-16(9-12)24-11-23-15/h1-3,5,9-10H,4,6-8,11H2,(H,19,21). The average molecular weight is 327 g/mol. The third kappa shape index (κ3) is 2.92. The Morgan fingerprint density at radius 1 is 1.25 bits per heavy atom. The van der Waals surface area contributed by atoms with E-state index >= 15 is 0 Å². The van der Waals surface area contributed by atoms with Crippen molar-refractivity contribution in [2.24, 2.45) is 0 Å². The number of hydrogen-bond acceptors (Lipinski definition) is 6. The largest absolute Gasteiger partial charge is 0.492 e. The van der Waals surface area contributed by atoms with E-state index in [0.717, 1.165) is 22.9 Å². The normalized spacial score (nSPS) is 15.5. The summed E-state index contributed by atoms with van der Waals surface area (Å²) in [5.41, 5.74) is 1.70. The molecule has 0 bridgehead atoms. The van der Waals surface area contributed by atoms with Crippen LogP contribution in [-0.4, -0.2) is 37.4 Å². The fraction of sp³-hybridized carbons (Fsp3) is 0.294. The van der Waals surface area contributed by atoms with Crippen LogP contribution in [0, 0.1) is 0 Å². The van der Waals surface area contributed by atoms with Crippen LogP contribution in [0.15, 0.2) is 36.7 Å². The smallest absolute Gasteiger partial charge is 0.231 e. The summed E-state index contributed by atoms with van der Waals surface area (Å²) in [6, 6.07) is 7.33. The Balaban J connectivity index is 1.41. The number of pyridine rings is 1. The topological polar surface area (TPSA) is 72.9 Å². The highest BCUT2D eigenvalue weighted by molar-refractivity contribution is 5.95. The number of nitrogens with zero attached hydrogens (tertiary/aromatic N) is 2. The van der Waals surface area contributed by atoms with Gasteiger partial charge in [0.25, 0.3) is 0 Å². The maximum absolute atomic E-state index is 11.8. The Hall–Kier alpha value is -2.96. The van der Waals surface area contributed by atoms with Crippen molar-refractivity contribution in [3.63, 3.8) is 0 Å². The number of nitrogens with one attached hydrogen (secondary N) is 1. The molecule has 2 aromatic rings. The monoisotopic (exact) mass is 327 g/mol. The third-order valence-corrected chi connectivity index (χ3v) is 4.00. The lowest BCUT2D eigenvalue weighted by atomic mass is 10.3. The zero-order chi connectivity index (χ0) is 16.4. The summed E-state index contributed by atoms with van der Waals surface area (Å²) in [6.07, 6.45) is 3.88. The summed E-state index contributed by atoms with van der Waals surface area (Å²) in [5.74, 6) is 2.18. The second-order valence-electron chi connectivity index (χ2n) is 5.54. The number of ether oxygens (including phenoxy) is 3. The molecule has 0 saturated heterocycles. The average Bonchev–Trinajstić information content (AvgIpc) is 3.00.